The SMILES string of the molecule is CCCCCCCc1ccc(N2CCN(c3ccccc3)CC2)cc1. The Morgan fingerprint density at radius 1 is 0.640 bits per heavy atom. The third-order valence-corrected chi connectivity index (χ3v) is 5.27. The Balaban J connectivity index is 1.45. The minimum atomic E-state index is 1.10. The molecule has 1 aliphatic heterocycles. The molecule has 0 spiro atoms. The van der Waals surface area contributed by atoms with E-state index in [1.165, 1.54) is 55.5 Å². The molecule has 25 heavy (non-hydrogen) atoms. The highest BCUT2D eigenvalue weighted by molar-refractivity contribution is 5.52. The molecule has 0 amide bonds. The highest BCUT2D eigenvalue weighted by Gasteiger charge is 2.17. The van der Waals surface area contributed by atoms with Gasteiger partial charge in [-0.2, -0.15) is 0 Å². The van der Waals surface area contributed by atoms with Crippen molar-refractivity contribution in [1.82, 2.24) is 0 Å². The predicted molar refractivity (Wildman–Crippen MR) is 110 cm³/mol. The summed E-state index contributed by atoms with van der Waals surface area (Å²) in [6.45, 7) is 6.68. The van der Waals surface area contributed by atoms with Crippen molar-refractivity contribution in [3.63, 3.8) is 0 Å². The van der Waals surface area contributed by atoms with Gasteiger partial charge in [0.15, 0.2) is 0 Å². The van der Waals surface area contributed by atoms with E-state index in [-0.39, 0.29) is 0 Å². The molecule has 0 saturated carbocycles. The number of aryl methyl sites for hydroxylation is 1. The molecule has 0 aromatic heterocycles. The Kier molecular flexibility index (Phi) is 6.79. The number of benzene rings is 2. The summed E-state index contributed by atoms with van der Waals surface area (Å²) >= 11 is 0. The van der Waals surface area contributed by atoms with Crippen molar-refractivity contribution >= 4 is 11.4 Å². The zero-order valence-corrected chi connectivity index (χ0v) is 15.7. The normalized spacial score (nSPS) is 14.8. The van der Waals surface area contributed by atoms with E-state index in [4.69, 9.17) is 0 Å². The lowest BCUT2D eigenvalue weighted by Crippen LogP contribution is -2.46. The van der Waals surface area contributed by atoms with E-state index >= 15 is 0 Å². The molecule has 0 N–H and O–H groups in total. The molecule has 3 rings (SSSR count). The largest absolute Gasteiger partial charge is 0.368 e. The van der Waals surface area contributed by atoms with Gasteiger partial charge in [0, 0.05) is 37.6 Å². The van der Waals surface area contributed by atoms with Crippen molar-refractivity contribution in [3.8, 4) is 0 Å². The summed E-state index contributed by atoms with van der Waals surface area (Å²) in [7, 11) is 0. The van der Waals surface area contributed by atoms with E-state index in [2.05, 4.69) is 71.3 Å². The lowest BCUT2D eigenvalue weighted by Gasteiger charge is -2.37. The molecule has 1 heterocycles. The summed E-state index contributed by atoms with van der Waals surface area (Å²) in [5, 5.41) is 0. The van der Waals surface area contributed by atoms with Gasteiger partial charge in [0.1, 0.15) is 0 Å². The first-order valence-electron chi connectivity index (χ1n) is 10.0. The van der Waals surface area contributed by atoms with Gasteiger partial charge in [0.05, 0.1) is 0 Å². The number of nitrogens with zero attached hydrogens (tertiary/aromatic N) is 2. The molecule has 0 aliphatic carbocycles. The highest BCUT2D eigenvalue weighted by Crippen LogP contribution is 2.21. The van der Waals surface area contributed by atoms with Gasteiger partial charge in [-0.3, -0.25) is 0 Å². The number of piperazine rings is 1. The molecular formula is C23H32N2. The predicted octanol–water partition coefficient (Wildman–Crippen LogP) is 5.53. The molecule has 1 aliphatic rings. The van der Waals surface area contributed by atoms with Gasteiger partial charge in [-0.25, -0.2) is 0 Å². The standard InChI is InChI=1S/C23H32N2/c1-2-3-4-5-7-10-21-13-15-23(16-14-21)25-19-17-24(18-20-25)22-11-8-6-9-12-22/h6,8-9,11-16H,2-5,7,10,17-20H2,1H3. The van der Waals surface area contributed by atoms with E-state index in [9.17, 15) is 0 Å². The molecule has 2 aromatic rings. The van der Waals surface area contributed by atoms with Gasteiger partial charge in [0.25, 0.3) is 0 Å². The van der Waals surface area contributed by atoms with Crippen LogP contribution < -0.4 is 9.80 Å². The molecule has 134 valence electrons. The lowest BCUT2D eigenvalue weighted by atomic mass is 10.0. The molecule has 1 fully saturated rings. The zero-order chi connectivity index (χ0) is 17.3. The molecule has 2 aromatic carbocycles. The van der Waals surface area contributed by atoms with Crippen LogP contribution in [0.1, 0.15) is 44.6 Å². The van der Waals surface area contributed by atoms with Gasteiger partial charge >= 0.3 is 0 Å². The van der Waals surface area contributed by atoms with Gasteiger partial charge < -0.3 is 9.80 Å². The van der Waals surface area contributed by atoms with E-state index in [0.29, 0.717) is 0 Å². The fraction of sp³-hybridized carbons (Fsp3) is 0.478. The number of unbranched alkanes of at least 4 members (excludes halogenated alkanes) is 4. The van der Waals surface area contributed by atoms with Crippen molar-refractivity contribution in [2.75, 3.05) is 36.0 Å². The Hall–Kier alpha value is -1.96. The number of anilines is 2. The first-order valence-corrected chi connectivity index (χ1v) is 10.0. The number of para-hydroxylation sites is 1. The Bertz CT molecular complexity index is 598. The fourth-order valence-corrected chi connectivity index (χ4v) is 3.67. The third kappa shape index (κ3) is 5.26. The number of hydrogen-bond donors (Lipinski definition) is 0. The van der Waals surface area contributed by atoms with Crippen molar-refractivity contribution in [3.05, 3.63) is 60.2 Å². The van der Waals surface area contributed by atoms with E-state index < -0.39 is 0 Å². The quantitative estimate of drug-likeness (QED) is 0.585. The first kappa shape index (κ1) is 17.8. The van der Waals surface area contributed by atoms with Crippen molar-refractivity contribution in [2.45, 2.75) is 45.4 Å². The average Bonchev–Trinajstić information content (AvgIpc) is 2.69. The van der Waals surface area contributed by atoms with Crippen LogP contribution in [0.25, 0.3) is 0 Å². The Labute approximate surface area is 153 Å². The van der Waals surface area contributed by atoms with E-state index in [1.54, 1.807) is 0 Å². The first-order chi connectivity index (χ1) is 12.4. The highest BCUT2D eigenvalue weighted by atomic mass is 15.3. The molecule has 0 atom stereocenters. The minimum absolute atomic E-state index is 1.10. The van der Waals surface area contributed by atoms with E-state index in [1.807, 2.05) is 0 Å². The van der Waals surface area contributed by atoms with Crippen LogP contribution in [0, 0.1) is 0 Å². The molecular weight excluding hydrogens is 304 g/mol. The van der Waals surface area contributed by atoms with Crippen LogP contribution in [-0.2, 0) is 6.42 Å². The van der Waals surface area contributed by atoms with Gasteiger partial charge in [-0.1, -0.05) is 62.9 Å². The molecule has 0 unspecified atom stereocenters. The van der Waals surface area contributed by atoms with Crippen molar-refractivity contribution in [1.29, 1.82) is 0 Å². The van der Waals surface area contributed by atoms with Crippen LogP contribution in [-0.4, -0.2) is 26.2 Å². The molecule has 2 nitrogen and oxygen atoms in total. The maximum Gasteiger partial charge on any atom is 0.0367 e. The van der Waals surface area contributed by atoms with Gasteiger partial charge in [-0.05, 0) is 42.7 Å². The minimum Gasteiger partial charge on any atom is -0.368 e. The maximum absolute atomic E-state index is 2.52. The zero-order valence-electron chi connectivity index (χ0n) is 15.7. The van der Waals surface area contributed by atoms with Gasteiger partial charge in [-0.15, -0.1) is 0 Å². The lowest BCUT2D eigenvalue weighted by molar-refractivity contribution is 0.632. The second kappa shape index (κ2) is 9.50. The number of hydrogen-bond acceptors (Lipinski definition) is 2. The smallest absolute Gasteiger partial charge is 0.0367 e. The van der Waals surface area contributed by atoms with E-state index in [0.717, 1.165) is 26.2 Å². The molecule has 2 heteroatoms. The maximum atomic E-state index is 2.52. The Morgan fingerprint density at radius 2 is 1.20 bits per heavy atom. The monoisotopic (exact) mass is 336 g/mol. The Morgan fingerprint density at radius 3 is 1.80 bits per heavy atom. The summed E-state index contributed by atoms with van der Waals surface area (Å²) in [5.41, 5.74) is 4.21. The second-order valence-electron chi connectivity index (χ2n) is 7.14. The van der Waals surface area contributed by atoms with Crippen LogP contribution >= 0.6 is 0 Å². The summed E-state index contributed by atoms with van der Waals surface area (Å²) in [6, 6.07) is 20.1. The van der Waals surface area contributed by atoms with Gasteiger partial charge in [0.2, 0.25) is 0 Å². The molecule has 1 saturated heterocycles. The average molecular weight is 337 g/mol. The second-order valence-corrected chi connectivity index (χ2v) is 7.14. The summed E-state index contributed by atoms with van der Waals surface area (Å²) in [4.78, 5) is 5.01. The van der Waals surface area contributed by atoms with Crippen LogP contribution in [0.3, 0.4) is 0 Å². The summed E-state index contributed by atoms with van der Waals surface area (Å²) in [6.07, 6.45) is 8.03. The number of rotatable bonds is 8. The van der Waals surface area contributed by atoms with Crippen LogP contribution in [0.5, 0.6) is 0 Å². The summed E-state index contributed by atoms with van der Waals surface area (Å²) in [5.74, 6) is 0. The molecule has 0 radical (unpaired) electrons. The van der Waals surface area contributed by atoms with Crippen LogP contribution in [0.2, 0.25) is 0 Å². The van der Waals surface area contributed by atoms with Crippen LogP contribution in [0.15, 0.2) is 54.6 Å². The topological polar surface area (TPSA) is 6.48 Å². The fourth-order valence-electron chi connectivity index (χ4n) is 3.67. The van der Waals surface area contributed by atoms with Crippen molar-refractivity contribution < 1.29 is 0 Å². The summed E-state index contributed by atoms with van der Waals surface area (Å²) < 4.78 is 0. The van der Waals surface area contributed by atoms with Crippen LogP contribution in [0.4, 0.5) is 11.4 Å². The molecule has 0 bridgehead atoms. The third-order valence-electron chi connectivity index (χ3n) is 5.27. The van der Waals surface area contributed by atoms with Crippen molar-refractivity contribution in [2.24, 2.45) is 0 Å².